The molecule has 4 amide bonds. The van der Waals surface area contributed by atoms with Gasteiger partial charge < -0.3 is 43.4 Å². The summed E-state index contributed by atoms with van der Waals surface area (Å²) in [7, 11) is 0. The van der Waals surface area contributed by atoms with Crippen LogP contribution < -0.4 is 33.2 Å². The molecule has 4 unspecified atom stereocenters. The molecule has 0 radical (unpaired) electrons. The van der Waals surface area contributed by atoms with Crippen LogP contribution >= 0.6 is 0 Å². The Kier molecular flexibility index (Phi) is 14.9. The summed E-state index contributed by atoms with van der Waals surface area (Å²) in [6.45, 7) is 4.08. The largest absolute Gasteiger partial charge is 0.481 e. The van der Waals surface area contributed by atoms with Crippen LogP contribution in [0.1, 0.15) is 58.8 Å². The predicted octanol–water partition coefficient (Wildman–Crippen LogP) is -2.23. The van der Waals surface area contributed by atoms with E-state index >= 15 is 0 Å². The van der Waals surface area contributed by atoms with E-state index < -0.39 is 66.2 Å². The molecule has 0 heterocycles. The summed E-state index contributed by atoms with van der Waals surface area (Å²) >= 11 is 0. The van der Waals surface area contributed by atoms with Crippen molar-refractivity contribution in [2.75, 3.05) is 6.54 Å². The van der Waals surface area contributed by atoms with E-state index in [1.807, 2.05) is 19.2 Å². The average Bonchev–Trinajstić information content (AvgIpc) is 2.74. The lowest BCUT2D eigenvalue weighted by molar-refractivity contribution is -0.147. The summed E-state index contributed by atoms with van der Waals surface area (Å²) in [5, 5.41) is 25.0. The summed E-state index contributed by atoms with van der Waals surface area (Å²) in [5.41, 5.74) is 16.4. The van der Waals surface area contributed by atoms with E-state index in [0.717, 1.165) is 0 Å². The zero-order chi connectivity index (χ0) is 27.1. The van der Waals surface area contributed by atoms with Crippen LogP contribution in [0.2, 0.25) is 0 Å². The maximum Gasteiger partial charge on any atom is 0.326 e. The monoisotopic (exact) mass is 502 g/mol. The van der Waals surface area contributed by atoms with E-state index in [9.17, 15) is 28.8 Å². The topological polar surface area (TPSA) is 257 Å². The first kappa shape index (κ1) is 31.7. The van der Waals surface area contributed by atoms with Crippen molar-refractivity contribution in [2.45, 2.75) is 83.0 Å². The van der Waals surface area contributed by atoms with E-state index in [1.54, 1.807) is 0 Å². The van der Waals surface area contributed by atoms with Gasteiger partial charge in [0.25, 0.3) is 0 Å². The SMILES string of the molecule is CC(C)CC(NC(=O)C(N)CCCCN)C(=O)NC(CCC(N)=O)C(=O)NC(CC(=O)O)C(=O)O. The number of amides is 4. The minimum Gasteiger partial charge on any atom is -0.481 e. The number of hydrogen-bond acceptors (Lipinski definition) is 8. The van der Waals surface area contributed by atoms with Crippen molar-refractivity contribution in [1.82, 2.24) is 16.0 Å². The first-order valence-corrected chi connectivity index (χ1v) is 11.4. The van der Waals surface area contributed by atoms with Crippen LogP contribution in [0.4, 0.5) is 0 Å². The second-order valence-corrected chi connectivity index (χ2v) is 8.65. The number of unbranched alkanes of at least 4 members (excludes halogenated alkanes) is 1. The molecule has 0 aromatic rings. The van der Waals surface area contributed by atoms with Gasteiger partial charge in [-0.25, -0.2) is 4.79 Å². The van der Waals surface area contributed by atoms with E-state index in [-0.39, 0.29) is 25.2 Å². The van der Waals surface area contributed by atoms with Crippen molar-refractivity contribution in [3.05, 3.63) is 0 Å². The van der Waals surface area contributed by atoms with Gasteiger partial charge in [0.2, 0.25) is 23.6 Å². The van der Waals surface area contributed by atoms with Crippen molar-refractivity contribution in [1.29, 1.82) is 0 Å². The minimum atomic E-state index is -1.76. The van der Waals surface area contributed by atoms with Crippen molar-refractivity contribution in [3.8, 4) is 0 Å². The number of nitrogens with one attached hydrogen (secondary N) is 3. The summed E-state index contributed by atoms with van der Waals surface area (Å²) in [6.07, 6.45) is 0.396. The average molecular weight is 503 g/mol. The molecule has 4 atom stereocenters. The zero-order valence-electron chi connectivity index (χ0n) is 20.1. The Labute approximate surface area is 203 Å². The third-order valence-corrected chi connectivity index (χ3v) is 4.95. The molecule has 0 aromatic heterocycles. The van der Waals surface area contributed by atoms with Crippen molar-refractivity contribution in [3.63, 3.8) is 0 Å². The van der Waals surface area contributed by atoms with E-state index in [4.69, 9.17) is 27.4 Å². The number of hydrogen-bond donors (Lipinski definition) is 8. The van der Waals surface area contributed by atoms with E-state index in [2.05, 4.69) is 10.6 Å². The molecule has 0 rings (SSSR count). The fourth-order valence-electron chi connectivity index (χ4n) is 3.10. The maximum atomic E-state index is 13.0. The van der Waals surface area contributed by atoms with Crippen molar-refractivity contribution in [2.24, 2.45) is 23.1 Å². The lowest BCUT2D eigenvalue weighted by Gasteiger charge is -2.25. The van der Waals surface area contributed by atoms with Gasteiger partial charge >= 0.3 is 11.9 Å². The standard InChI is InChI=1S/C21H38N6O8/c1-11(2)9-14(26-18(31)12(23)5-3-4-8-22)20(33)25-13(6-7-16(24)28)19(32)27-15(21(34)35)10-17(29)30/h11-15H,3-10,22-23H2,1-2H3,(H2,24,28)(H,25,33)(H,26,31)(H,27,32)(H,29,30)(H,34,35). The van der Waals surface area contributed by atoms with Gasteiger partial charge in [-0.15, -0.1) is 0 Å². The van der Waals surface area contributed by atoms with Gasteiger partial charge in [-0.1, -0.05) is 20.3 Å². The van der Waals surface area contributed by atoms with Gasteiger partial charge in [0.15, 0.2) is 0 Å². The summed E-state index contributed by atoms with van der Waals surface area (Å²) in [5.74, 6) is -6.19. The Balaban J connectivity index is 5.52. The van der Waals surface area contributed by atoms with Crippen LogP contribution in [0.25, 0.3) is 0 Å². The molecule has 0 aliphatic carbocycles. The maximum absolute atomic E-state index is 13.0. The lowest BCUT2D eigenvalue weighted by atomic mass is 10.0. The minimum absolute atomic E-state index is 0.0376. The summed E-state index contributed by atoms with van der Waals surface area (Å²) in [4.78, 5) is 71.5. The highest BCUT2D eigenvalue weighted by Gasteiger charge is 2.31. The number of rotatable bonds is 18. The van der Waals surface area contributed by atoms with Crippen LogP contribution in [-0.2, 0) is 28.8 Å². The number of carbonyl (C=O) groups excluding carboxylic acids is 4. The smallest absolute Gasteiger partial charge is 0.326 e. The van der Waals surface area contributed by atoms with Gasteiger partial charge in [0, 0.05) is 6.42 Å². The van der Waals surface area contributed by atoms with Gasteiger partial charge in [0.05, 0.1) is 12.5 Å². The molecule has 14 heteroatoms. The Morgan fingerprint density at radius 2 is 1.34 bits per heavy atom. The Morgan fingerprint density at radius 3 is 1.83 bits per heavy atom. The quantitative estimate of drug-likeness (QED) is 0.0935. The normalized spacial score (nSPS) is 14.3. The van der Waals surface area contributed by atoms with Crippen LogP contribution in [0.5, 0.6) is 0 Å². The number of carboxylic acids is 2. The Bertz CT molecular complexity index is 760. The molecule has 11 N–H and O–H groups in total. The molecule has 0 aliphatic heterocycles. The van der Waals surface area contributed by atoms with Gasteiger partial charge in [-0.2, -0.15) is 0 Å². The number of aliphatic carboxylic acids is 2. The fourth-order valence-corrected chi connectivity index (χ4v) is 3.10. The highest BCUT2D eigenvalue weighted by atomic mass is 16.4. The zero-order valence-corrected chi connectivity index (χ0v) is 20.1. The number of nitrogens with two attached hydrogens (primary N) is 3. The molecule has 0 saturated heterocycles. The van der Waals surface area contributed by atoms with Gasteiger partial charge in [-0.05, 0) is 38.1 Å². The number of primary amides is 1. The lowest BCUT2D eigenvalue weighted by Crippen LogP contribution is -2.57. The Hall–Kier alpha value is -3.26. The molecule has 0 saturated carbocycles. The van der Waals surface area contributed by atoms with E-state index in [0.29, 0.717) is 25.8 Å². The fraction of sp³-hybridized carbons (Fsp3) is 0.714. The van der Waals surface area contributed by atoms with Crippen LogP contribution in [0.15, 0.2) is 0 Å². The first-order valence-electron chi connectivity index (χ1n) is 11.4. The molecule has 0 bridgehead atoms. The molecule has 0 aromatic carbocycles. The van der Waals surface area contributed by atoms with Crippen LogP contribution in [0, 0.1) is 5.92 Å². The van der Waals surface area contributed by atoms with Crippen molar-refractivity contribution >= 4 is 35.6 Å². The van der Waals surface area contributed by atoms with Crippen LogP contribution in [0.3, 0.4) is 0 Å². The summed E-state index contributed by atoms with van der Waals surface area (Å²) in [6, 6.07) is -5.10. The third kappa shape index (κ3) is 13.9. The molecule has 0 aliphatic rings. The predicted molar refractivity (Wildman–Crippen MR) is 124 cm³/mol. The molecule has 0 spiro atoms. The van der Waals surface area contributed by atoms with Gasteiger partial charge in [-0.3, -0.25) is 24.0 Å². The molecular formula is C21H38N6O8. The molecule has 35 heavy (non-hydrogen) atoms. The molecular weight excluding hydrogens is 464 g/mol. The molecule has 14 nitrogen and oxygen atoms in total. The van der Waals surface area contributed by atoms with E-state index in [1.165, 1.54) is 0 Å². The third-order valence-electron chi connectivity index (χ3n) is 4.95. The van der Waals surface area contributed by atoms with Crippen molar-refractivity contribution < 1.29 is 39.0 Å². The first-order chi connectivity index (χ1) is 16.3. The summed E-state index contributed by atoms with van der Waals surface area (Å²) < 4.78 is 0. The number of carboxylic acid groups (broad SMARTS) is 2. The number of carbonyl (C=O) groups is 6. The second kappa shape index (κ2) is 16.4. The highest BCUT2D eigenvalue weighted by molar-refractivity contribution is 5.94. The molecule has 0 fully saturated rings. The van der Waals surface area contributed by atoms with Crippen LogP contribution in [-0.4, -0.2) is 76.5 Å². The highest BCUT2D eigenvalue weighted by Crippen LogP contribution is 2.08. The Morgan fingerprint density at radius 1 is 0.800 bits per heavy atom. The molecule has 200 valence electrons. The van der Waals surface area contributed by atoms with Gasteiger partial charge in [0.1, 0.15) is 18.1 Å². The second-order valence-electron chi connectivity index (χ2n) is 8.65.